The molecule has 126 valence electrons. The number of carbonyl (C=O) groups is 1. The summed E-state index contributed by atoms with van der Waals surface area (Å²) in [5.41, 5.74) is 1.30. The van der Waals surface area contributed by atoms with E-state index in [0.717, 1.165) is 15.6 Å². The third-order valence-corrected chi connectivity index (χ3v) is 5.13. The lowest BCUT2D eigenvalue weighted by Crippen LogP contribution is -2.11. The predicted molar refractivity (Wildman–Crippen MR) is 92.3 cm³/mol. The molecule has 25 heavy (non-hydrogen) atoms. The first kappa shape index (κ1) is 15.5. The molecule has 0 amide bonds. The normalized spacial score (nSPS) is 16.2. The first-order chi connectivity index (χ1) is 12.0. The Labute approximate surface area is 147 Å². The number of thioether (sulfide) groups is 1. The van der Waals surface area contributed by atoms with Crippen molar-refractivity contribution < 1.29 is 19.2 Å². The predicted octanol–water partition coefficient (Wildman–Crippen LogP) is 3.59. The van der Waals surface area contributed by atoms with Crippen LogP contribution < -0.4 is 14.4 Å². The summed E-state index contributed by atoms with van der Waals surface area (Å²) in [4.78, 5) is 25.5. The van der Waals surface area contributed by atoms with E-state index >= 15 is 0 Å². The summed E-state index contributed by atoms with van der Waals surface area (Å²) < 4.78 is 10.8. The highest BCUT2D eigenvalue weighted by Gasteiger charge is 2.27. The van der Waals surface area contributed by atoms with E-state index in [9.17, 15) is 14.9 Å². The van der Waals surface area contributed by atoms with Crippen LogP contribution in [-0.4, -0.2) is 24.5 Å². The molecule has 0 N–H and O–H groups in total. The maximum atomic E-state index is 12.4. The average molecular weight is 356 g/mol. The first-order valence-electron chi connectivity index (χ1n) is 7.38. The number of ketones is 1. The van der Waals surface area contributed by atoms with Gasteiger partial charge in [0.25, 0.3) is 5.69 Å². The van der Waals surface area contributed by atoms with Gasteiger partial charge in [0.1, 0.15) is 0 Å². The quantitative estimate of drug-likeness (QED) is 0.360. The fraction of sp³-hybridized carbons (Fsp3) is 0.118. The van der Waals surface area contributed by atoms with Gasteiger partial charge in [0, 0.05) is 47.8 Å². The number of carbonyl (C=O) groups excluding carboxylic acids is 1. The highest BCUT2D eigenvalue weighted by atomic mass is 32.2. The molecule has 0 radical (unpaired) electrons. The van der Waals surface area contributed by atoms with E-state index in [2.05, 4.69) is 0 Å². The van der Waals surface area contributed by atoms with E-state index in [-0.39, 0.29) is 18.3 Å². The second-order valence-corrected chi connectivity index (χ2v) is 6.55. The van der Waals surface area contributed by atoms with Crippen LogP contribution in [-0.2, 0) is 0 Å². The smallest absolute Gasteiger partial charge is 0.269 e. The molecular weight excluding hydrogens is 344 g/mol. The Morgan fingerprint density at radius 1 is 1.24 bits per heavy atom. The van der Waals surface area contributed by atoms with Gasteiger partial charge in [-0.2, -0.15) is 0 Å². The zero-order valence-electron chi connectivity index (χ0n) is 13.1. The van der Waals surface area contributed by atoms with Crippen LogP contribution in [0.1, 0.15) is 10.4 Å². The van der Waals surface area contributed by atoms with Crippen molar-refractivity contribution in [3.05, 3.63) is 63.2 Å². The Kier molecular flexibility index (Phi) is 3.61. The summed E-state index contributed by atoms with van der Waals surface area (Å²) in [5, 5.41) is 11.5. The fourth-order valence-corrected chi connectivity index (χ4v) is 3.72. The summed E-state index contributed by atoms with van der Waals surface area (Å²) in [7, 11) is 1.87. The molecule has 0 aliphatic carbocycles. The third-order valence-electron chi connectivity index (χ3n) is 3.98. The maximum absolute atomic E-state index is 12.4. The lowest BCUT2D eigenvalue weighted by molar-refractivity contribution is -0.384. The van der Waals surface area contributed by atoms with Gasteiger partial charge in [0.05, 0.1) is 15.6 Å². The molecule has 0 fully saturated rings. The SMILES string of the molecule is CN1/C(=C/C(=O)c2ccc([N+](=O)[O-])cc2)Sc2cc3c(cc21)OCO3. The van der Waals surface area contributed by atoms with Crippen LogP contribution in [0.4, 0.5) is 11.4 Å². The van der Waals surface area contributed by atoms with Gasteiger partial charge in [0.15, 0.2) is 17.3 Å². The van der Waals surface area contributed by atoms with Gasteiger partial charge < -0.3 is 14.4 Å². The van der Waals surface area contributed by atoms with Crippen molar-refractivity contribution in [2.24, 2.45) is 0 Å². The summed E-state index contributed by atoms with van der Waals surface area (Å²) >= 11 is 1.46. The second-order valence-electron chi connectivity index (χ2n) is 5.49. The molecule has 0 aromatic heterocycles. The molecule has 0 unspecified atom stereocenters. The number of non-ortho nitro benzene ring substituents is 1. The van der Waals surface area contributed by atoms with Crippen LogP contribution in [0.5, 0.6) is 11.5 Å². The third kappa shape index (κ3) is 2.70. The van der Waals surface area contributed by atoms with Crippen molar-refractivity contribution in [2.75, 3.05) is 18.7 Å². The number of anilines is 1. The van der Waals surface area contributed by atoms with Gasteiger partial charge in [-0.1, -0.05) is 11.8 Å². The van der Waals surface area contributed by atoms with Gasteiger partial charge in [-0.25, -0.2) is 0 Å². The van der Waals surface area contributed by atoms with Crippen LogP contribution in [0.25, 0.3) is 0 Å². The van der Waals surface area contributed by atoms with Gasteiger partial charge in [-0.05, 0) is 12.1 Å². The zero-order chi connectivity index (χ0) is 17.6. The Balaban J connectivity index is 1.59. The molecule has 4 rings (SSSR count). The van der Waals surface area contributed by atoms with Crippen molar-refractivity contribution in [1.29, 1.82) is 0 Å². The number of fused-ring (bicyclic) bond motifs is 2. The van der Waals surface area contributed by atoms with Gasteiger partial charge in [-0.3, -0.25) is 14.9 Å². The van der Waals surface area contributed by atoms with E-state index < -0.39 is 4.92 Å². The zero-order valence-corrected chi connectivity index (χ0v) is 13.9. The monoisotopic (exact) mass is 356 g/mol. The molecule has 2 aromatic carbocycles. The van der Waals surface area contributed by atoms with Crippen molar-refractivity contribution in [2.45, 2.75) is 4.90 Å². The number of nitro groups is 1. The van der Waals surface area contributed by atoms with Crippen LogP contribution in [0.2, 0.25) is 0 Å². The number of hydrogen-bond acceptors (Lipinski definition) is 7. The molecule has 2 aliphatic rings. The molecule has 2 aliphatic heterocycles. The molecule has 0 saturated heterocycles. The van der Waals surface area contributed by atoms with Crippen LogP contribution in [0, 0.1) is 10.1 Å². The van der Waals surface area contributed by atoms with E-state index in [1.807, 2.05) is 24.1 Å². The molecular formula is C17H12N2O5S. The standard InChI is InChI=1S/C17H12N2O5S/c1-18-12-6-14-15(24-9-23-14)8-16(12)25-17(18)7-13(20)10-2-4-11(5-3-10)19(21)22/h2-8H,9H2,1H3/b17-7-. The number of rotatable bonds is 3. The molecule has 7 nitrogen and oxygen atoms in total. The van der Waals surface area contributed by atoms with Crippen LogP contribution in [0.3, 0.4) is 0 Å². The van der Waals surface area contributed by atoms with Crippen molar-refractivity contribution >= 4 is 28.9 Å². The number of allylic oxidation sites excluding steroid dienone is 1. The van der Waals surface area contributed by atoms with Gasteiger partial charge in [0.2, 0.25) is 6.79 Å². The number of nitrogens with zero attached hydrogens (tertiary/aromatic N) is 2. The summed E-state index contributed by atoms with van der Waals surface area (Å²) in [6.07, 6.45) is 1.53. The van der Waals surface area contributed by atoms with E-state index in [1.165, 1.54) is 42.1 Å². The molecule has 0 saturated carbocycles. The van der Waals surface area contributed by atoms with Gasteiger partial charge >= 0.3 is 0 Å². The summed E-state index contributed by atoms with van der Waals surface area (Å²) in [6.45, 7) is 0.216. The Morgan fingerprint density at radius 3 is 2.60 bits per heavy atom. The topological polar surface area (TPSA) is 81.9 Å². The highest BCUT2D eigenvalue weighted by molar-refractivity contribution is 8.03. The molecule has 0 spiro atoms. The Morgan fingerprint density at radius 2 is 1.92 bits per heavy atom. The number of nitro benzene ring substituents is 1. The summed E-state index contributed by atoms with van der Waals surface area (Å²) in [6, 6.07) is 9.36. The van der Waals surface area contributed by atoms with Crippen molar-refractivity contribution in [1.82, 2.24) is 0 Å². The van der Waals surface area contributed by atoms with Gasteiger partial charge in [-0.15, -0.1) is 0 Å². The number of ether oxygens (including phenoxy) is 2. The first-order valence-corrected chi connectivity index (χ1v) is 8.20. The van der Waals surface area contributed by atoms with Crippen molar-refractivity contribution in [3.8, 4) is 11.5 Å². The Hall–Kier alpha value is -3.00. The largest absolute Gasteiger partial charge is 0.454 e. The fourth-order valence-electron chi connectivity index (χ4n) is 2.63. The lowest BCUT2D eigenvalue weighted by atomic mass is 10.1. The molecule has 2 aromatic rings. The molecule has 2 heterocycles. The van der Waals surface area contributed by atoms with Crippen LogP contribution >= 0.6 is 11.8 Å². The summed E-state index contributed by atoms with van der Waals surface area (Å²) in [5.74, 6) is 1.17. The molecule has 8 heteroatoms. The van der Waals surface area contributed by atoms with E-state index in [1.54, 1.807) is 0 Å². The average Bonchev–Trinajstić information content (AvgIpc) is 3.18. The maximum Gasteiger partial charge on any atom is 0.269 e. The second kappa shape index (κ2) is 5.82. The minimum absolute atomic E-state index is 0.0431. The molecule has 0 atom stereocenters. The van der Waals surface area contributed by atoms with Crippen LogP contribution in [0.15, 0.2) is 52.4 Å². The number of benzene rings is 2. The minimum atomic E-state index is -0.493. The highest BCUT2D eigenvalue weighted by Crippen LogP contribution is 2.50. The number of hydrogen-bond donors (Lipinski definition) is 0. The van der Waals surface area contributed by atoms with E-state index in [0.29, 0.717) is 17.1 Å². The lowest BCUT2D eigenvalue weighted by Gasteiger charge is -2.13. The Bertz CT molecular complexity index is 923. The minimum Gasteiger partial charge on any atom is -0.454 e. The van der Waals surface area contributed by atoms with E-state index in [4.69, 9.17) is 9.47 Å². The van der Waals surface area contributed by atoms with Crippen molar-refractivity contribution in [3.63, 3.8) is 0 Å². The molecule has 0 bridgehead atoms.